The van der Waals surface area contributed by atoms with Crippen LogP contribution < -0.4 is 5.73 Å². The van der Waals surface area contributed by atoms with Crippen molar-refractivity contribution in [3.05, 3.63) is 84.4 Å². The molecule has 3 rings (SSSR count). The highest BCUT2D eigenvalue weighted by molar-refractivity contribution is 5.91. The maximum absolute atomic E-state index is 11.9. The fraction of sp³-hybridized carbons (Fsp3) is 0.0952. The Morgan fingerprint density at radius 1 is 0.750 bits per heavy atom. The lowest BCUT2D eigenvalue weighted by atomic mass is 9.94. The Kier molecular flexibility index (Phi) is 5.04. The first kappa shape index (κ1) is 16.0. The van der Waals surface area contributed by atoms with E-state index in [0.717, 1.165) is 16.7 Å². The Morgan fingerprint density at radius 3 is 1.88 bits per heavy atom. The number of hydrogen-bond acceptors (Lipinski definition) is 3. The van der Waals surface area contributed by atoms with Gasteiger partial charge in [-0.15, -0.1) is 0 Å². The molecule has 3 nitrogen and oxygen atoms in total. The Balaban J connectivity index is 1.92. The minimum Gasteiger partial charge on any atom is -0.461 e. The van der Waals surface area contributed by atoms with Crippen LogP contribution in [-0.4, -0.2) is 19.1 Å². The summed E-state index contributed by atoms with van der Waals surface area (Å²) in [5.74, 6) is -0.344. The van der Waals surface area contributed by atoms with Crippen molar-refractivity contribution in [1.82, 2.24) is 0 Å². The normalized spacial score (nSPS) is 10.4. The van der Waals surface area contributed by atoms with Gasteiger partial charge in [-0.05, 0) is 34.4 Å². The van der Waals surface area contributed by atoms with E-state index in [1.54, 1.807) is 12.1 Å². The molecule has 3 aromatic rings. The molecule has 0 bridgehead atoms. The van der Waals surface area contributed by atoms with Gasteiger partial charge < -0.3 is 10.5 Å². The molecular formula is C21H19NO2. The van der Waals surface area contributed by atoms with E-state index in [2.05, 4.69) is 24.3 Å². The molecule has 2 N–H and O–H groups in total. The molecule has 0 atom stereocenters. The van der Waals surface area contributed by atoms with Gasteiger partial charge in [0, 0.05) is 6.54 Å². The second kappa shape index (κ2) is 7.57. The van der Waals surface area contributed by atoms with Crippen molar-refractivity contribution in [2.24, 2.45) is 5.73 Å². The smallest absolute Gasteiger partial charge is 0.338 e. The Bertz CT molecular complexity index is 811. The average Bonchev–Trinajstić information content (AvgIpc) is 2.67. The molecule has 0 aliphatic rings. The zero-order chi connectivity index (χ0) is 16.8. The predicted molar refractivity (Wildman–Crippen MR) is 96.7 cm³/mol. The molecule has 0 heterocycles. The van der Waals surface area contributed by atoms with Crippen molar-refractivity contribution in [3.8, 4) is 22.3 Å². The lowest BCUT2D eigenvalue weighted by Gasteiger charge is -2.11. The Labute approximate surface area is 141 Å². The third-order valence-corrected chi connectivity index (χ3v) is 3.79. The standard InChI is InChI=1S/C21H19NO2/c22-14-15-24-21(23)18-12-10-17(11-13-18)20-9-5-4-8-19(20)16-6-2-1-3-7-16/h1-13H,14-15,22H2. The summed E-state index contributed by atoms with van der Waals surface area (Å²) >= 11 is 0. The van der Waals surface area contributed by atoms with Crippen LogP contribution in [0.15, 0.2) is 78.9 Å². The van der Waals surface area contributed by atoms with Gasteiger partial charge in [-0.2, -0.15) is 0 Å². The highest BCUT2D eigenvalue weighted by Crippen LogP contribution is 2.31. The Morgan fingerprint density at radius 2 is 1.29 bits per heavy atom. The summed E-state index contributed by atoms with van der Waals surface area (Å²) in [6.07, 6.45) is 0. The van der Waals surface area contributed by atoms with Gasteiger partial charge in [0.2, 0.25) is 0 Å². The molecule has 0 saturated carbocycles. The van der Waals surface area contributed by atoms with E-state index in [1.807, 2.05) is 42.5 Å². The van der Waals surface area contributed by atoms with Crippen molar-refractivity contribution in [2.45, 2.75) is 0 Å². The summed E-state index contributed by atoms with van der Waals surface area (Å²) in [7, 11) is 0. The molecule has 0 amide bonds. The summed E-state index contributed by atoms with van der Waals surface area (Å²) in [6.45, 7) is 0.561. The van der Waals surface area contributed by atoms with Gasteiger partial charge in [-0.3, -0.25) is 0 Å². The molecule has 0 unspecified atom stereocenters. The number of nitrogens with two attached hydrogens (primary N) is 1. The van der Waals surface area contributed by atoms with Crippen LogP contribution >= 0.6 is 0 Å². The highest BCUT2D eigenvalue weighted by atomic mass is 16.5. The number of carbonyl (C=O) groups is 1. The SMILES string of the molecule is NCCOC(=O)c1ccc(-c2ccccc2-c2ccccc2)cc1. The van der Waals surface area contributed by atoms with E-state index >= 15 is 0 Å². The van der Waals surface area contributed by atoms with Gasteiger partial charge in [0.25, 0.3) is 0 Å². The molecule has 0 radical (unpaired) electrons. The van der Waals surface area contributed by atoms with E-state index in [4.69, 9.17) is 10.5 Å². The molecule has 0 spiro atoms. The van der Waals surface area contributed by atoms with Crippen LogP contribution in [0.4, 0.5) is 0 Å². The van der Waals surface area contributed by atoms with Crippen LogP contribution in [0.5, 0.6) is 0 Å². The van der Waals surface area contributed by atoms with Gasteiger partial charge in [0.05, 0.1) is 5.56 Å². The number of ether oxygens (including phenoxy) is 1. The van der Waals surface area contributed by atoms with Crippen molar-refractivity contribution < 1.29 is 9.53 Å². The number of carbonyl (C=O) groups excluding carboxylic acids is 1. The lowest BCUT2D eigenvalue weighted by Crippen LogP contribution is -2.13. The van der Waals surface area contributed by atoms with Gasteiger partial charge >= 0.3 is 5.97 Å². The summed E-state index contributed by atoms with van der Waals surface area (Å²) in [5.41, 5.74) is 10.4. The first-order valence-electron chi connectivity index (χ1n) is 7.91. The topological polar surface area (TPSA) is 52.3 Å². The monoisotopic (exact) mass is 317 g/mol. The molecule has 0 aliphatic heterocycles. The third kappa shape index (κ3) is 3.53. The van der Waals surface area contributed by atoms with E-state index in [9.17, 15) is 4.79 Å². The molecule has 3 aromatic carbocycles. The molecule has 120 valence electrons. The van der Waals surface area contributed by atoms with Gasteiger partial charge in [-0.25, -0.2) is 4.79 Å². The number of esters is 1. The maximum atomic E-state index is 11.9. The van der Waals surface area contributed by atoms with Crippen LogP contribution in [0.2, 0.25) is 0 Å². The van der Waals surface area contributed by atoms with E-state index in [1.165, 1.54) is 5.56 Å². The van der Waals surface area contributed by atoms with Crippen LogP contribution in [0.1, 0.15) is 10.4 Å². The number of hydrogen-bond donors (Lipinski definition) is 1. The Hall–Kier alpha value is -2.91. The van der Waals surface area contributed by atoms with E-state index < -0.39 is 0 Å². The van der Waals surface area contributed by atoms with Crippen LogP contribution in [-0.2, 0) is 4.74 Å². The minimum atomic E-state index is -0.344. The molecule has 0 saturated heterocycles. The first-order valence-corrected chi connectivity index (χ1v) is 7.91. The second-order valence-electron chi connectivity index (χ2n) is 5.41. The largest absolute Gasteiger partial charge is 0.461 e. The minimum absolute atomic E-state index is 0.234. The van der Waals surface area contributed by atoms with Crippen LogP contribution in [0.25, 0.3) is 22.3 Å². The van der Waals surface area contributed by atoms with Crippen molar-refractivity contribution in [2.75, 3.05) is 13.2 Å². The zero-order valence-electron chi connectivity index (χ0n) is 13.3. The van der Waals surface area contributed by atoms with Crippen molar-refractivity contribution in [3.63, 3.8) is 0 Å². The first-order chi connectivity index (χ1) is 11.8. The quantitative estimate of drug-likeness (QED) is 0.720. The summed E-state index contributed by atoms with van der Waals surface area (Å²) in [6, 6.07) is 26.0. The zero-order valence-corrected chi connectivity index (χ0v) is 13.3. The van der Waals surface area contributed by atoms with Gasteiger partial charge in [-0.1, -0.05) is 66.7 Å². The van der Waals surface area contributed by atoms with E-state index in [0.29, 0.717) is 12.1 Å². The van der Waals surface area contributed by atoms with E-state index in [-0.39, 0.29) is 12.6 Å². The van der Waals surface area contributed by atoms with Gasteiger partial charge in [0.15, 0.2) is 0 Å². The second-order valence-corrected chi connectivity index (χ2v) is 5.41. The molecule has 0 aliphatic carbocycles. The molecule has 0 fully saturated rings. The summed E-state index contributed by atoms with van der Waals surface area (Å²) < 4.78 is 5.05. The highest BCUT2D eigenvalue weighted by Gasteiger charge is 2.09. The molecule has 3 heteroatoms. The van der Waals surface area contributed by atoms with Crippen molar-refractivity contribution in [1.29, 1.82) is 0 Å². The third-order valence-electron chi connectivity index (χ3n) is 3.79. The van der Waals surface area contributed by atoms with Crippen LogP contribution in [0.3, 0.4) is 0 Å². The summed E-state index contributed by atoms with van der Waals surface area (Å²) in [5, 5.41) is 0. The van der Waals surface area contributed by atoms with Gasteiger partial charge in [0.1, 0.15) is 6.61 Å². The fourth-order valence-electron chi connectivity index (χ4n) is 2.63. The number of rotatable bonds is 5. The van der Waals surface area contributed by atoms with Crippen molar-refractivity contribution >= 4 is 5.97 Å². The average molecular weight is 317 g/mol. The maximum Gasteiger partial charge on any atom is 0.338 e. The lowest BCUT2D eigenvalue weighted by molar-refractivity contribution is 0.0517. The summed E-state index contributed by atoms with van der Waals surface area (Å²) in [4.78, 5) is 11.9. The predicted octanol–water partition coefficient (Wildman–Crippen LogP) is 4.14. The number of benzene rings is 3. The molecule has 24 heavy (non-hydrogen) atoms. The van der Waals surface area contributed by atoms with Crippen LogP contribution in [0, 0.1) is 0 Å². The fourth-order valence-corrected chi connectivity index (χ4v) is 2.63. The molecule has 0 aromatic heterocycles. The molecular weight excluding hydrogens is 298 g/mol.